The molecule has 0 radical (unpaired) electrons. The van der Waals surface area contributed by atoms with Crippen LogP contribution in [-0.4, -0.2) is 54.4 Å². The summed E-state index contributed by atoms with van der Waals surface area (Å²) in [4.78, 5) is 24.3. The maximum absolute atomic E-state index is 11.8. The van der Waals surface area contributed by atoms with Crippen molar-refractivity contribution in [3.8, 4) is 0 Å². The van der Waals surface area contributed by atoms with Gasteiger partial charge in [-0.2, -0.15) is 0 Å². The van der Waals surface area contributed by atoms with E-state index in [2.05, 4.69) is 5.32 Å². The first-order valence-corrected chi connectivity index (χ1v) is 5.89. The molecule has 1 saturated heterocycles. The largest absolute Gasteiger partial charge is 0.480 e. The number of aliphatic carboxylic acids is 1. The Morgan fingerprint density at radius 1 is 1.59 bits per heavy atom. The maximum atomic E-state index is 11.8. The quantitative estimate of drug-likeness (QED) is 0.762. The van der Waals surface area contributed by atoms with Gasteiger partial charge in [0, 0.05) is 20.2 Å². The van der Waals surface area contributed by atoms with Gasteiger partial charge >= 0.3 is 12.0 Å². The van der Waals surface area contributed by atoms with E-state index in [0.29, 0.717) is 19.5 Å². The number of rotatable bonds is 4. The number of hydrogen-bond acceptors (Lipinski definition) is 3. The molecule has 2 N–H and O–H groups in total. The number of piperidine rings is 1. The second-order valence-electron chi connectivity index (χ2n) is 4.19. The van der Waals surface area contributed by atoms with Gasteiger partial charge in [0.15, 0.2) is 0 Å². The number of likely N-dealkylation sites (tertiary alicyclic amines) is 1. The van der Waals surface area contributed by atoms with Crippen LogP contribution in [0.4, 0.5) is 4.79 Å². The van der Waals surface area contributed by atoms with E-state index in [1.54, 1.807) is 18.9 Å². The van der Waals surface area contributed by atoms with Gasteiger partial charge in [-0.1, -0.05) is 6.92 Å². The van der Waals surface area contributed by atoms with Crippen LogP contribution in [0.15, 0.2) is 0 Å². The number of amides is 2. The number of carbonyl (C=O) groups is 2. The molecule has 1 fully saturated rings. The molecule has 0 spiro atoms. The lowest BCUT2D eigenvalue weighted by molar-refractivity contribution is -0.139. The van der Waals surface area contributed by atoms with Gasteiger partial charge in [-0.05, 0) is 19.3 Å². The van der Waals surface area contributed by atoms with Crippen LogP contribution in [-0.2, 0) is 9.53 Å². The molecule has 1 aliphatic rings. The van der Waals surface area contributed by atoms with Gasteiger partial charge in [0.05, 0.1) is 6.10 Å². The monoisotopic (exact) mass is 244 g/mol. The summed E-state index contributed by atoms with van der Waals surface area (Å²) in [6, 6.07) is -1.13. The fraction of sp³-hybridized carbons (Fsp3) is 0.818. The SMILES string of the molecule is CC[C@H](NC(=O)N1CCCC(OC)C1)C(=O)O. The molecule has 0 aromatic carbocycles. The zero-order valence-electron chi connectivity index (χ0n) is 10.3. The minimum absolute atomic E-state index is 0.0550. The molecular weight excluding hydrogens is 224 g/mol. The van der Waals surface area contributed by atoms with Crippen molar-refractivity contribution in [3.63, 3.8) is 0 Å². The Labute approximate surface area is 101 Å². The van der Waals surface area contributed by atoms with Crippen LogP contribution in [0.3, 0.4) is 0 Å². The van der Waals surface area contributed by atoms with Crippen molar-refractivity contribution in [1.82, 2.24) is 10.2 Å². The first-order valence-electron chi connectivity index (χ1n) is 5.89. The summed E-state index contributed by atoms with van der Waals surface area (Å²) in [5.74, 6) is -0.999. The average molecular weight is 244 g/mol. The Morgan fingerprint density at radius 2 is 2.29 bits per heavy atom. The third-order valence-electron chi connectivity index (χ3n) is 3.00. The smallest absolute Gasteiger partial charge is 0.326 e. The van der Waals surface area contributed by atoms with E-state index in [4.69, 9.17) is 9.84 Å². The summed E-state index contributed by atoms with van der Waals surface area (Å²) in [6.45, 7) is 2.91. The van der Waals surface area contributed by atoms with Crippen molar-refractivity contribution in [2.24, 2.45) is 0 Å². The molecule has 0 aromatic rings. The number of ether oxygens (including phenoxy) is 1. The number of nitrogens with one attached hydrogen (secondary N) is 1. The van der Waals surface area contributed by atoms with E-state index in [-0.39, 0.29) is 12.1 Å². The number of carboxylic acid groups (broad SMARTS) is 1. The Morgan fingerprint density at radius 3 is 2.82 bits per heavy atom. The lowest BCUT2D eigenvalue weighted by Crippen LogP contribution is -2.51. The van der Waals surface area contributed by atoms with E-state index in [1.807, 2.05) is 0 Å². The molecule has 17 heavy (non-hydrogen) atoms. The lowest BCUT2D eigenvalue weighted by Gasteiger charge is -2.32. The fourth-order valence-corrected chi connectivity index (χ4v) is 1.89. The number of urea groups is 1. The molecule has 1 rings (SSSR count). The van der Waals surface area contributed by atoms with E-state index in [1.165, 1.54) is 0 Å². The topological polar surface area (TPSA) is 78.9 Å². The number of methoxy groups -OCH3 is 1. The highest BCUT2D eigenvalue weighted by molar-refractivity contribution is 5.82. The van der Waals surface area contributed by atoms with Gasteiger partial charge in [-0.3, -0.25) is 0 Å². The minimum atomic E-state index is -0.999. The maximum Gasteiger partial charge on any atom is 0.326 e. The van der Waals surface area contributed by atoms with Crippen molar-refractivity contribution < 1.29 is 19.4 Å². The predicted molar refractivity (Wildman–Crippen MR) is 61.9 cm³/mol. The predicted octanol–water partition coefficient (Wildman–Crippen LogP) is 0.670. The third-order valence-corrected chi connectivity index (χ3v) is 3.00. The van der Waals surface area contributed by atoms with Crippen molar-refractivity contribution >= 4 is 12.0 Å². The molecule has 0 bridgehead atoms. The minimum Gasteiger partial charge on any atom is -0.480 e. The molecule has 6 heteroatoms. The van der Waals surface area contributed by atoms with Crippen molar-refractivity contribution in [3.05, 3.63) is 0 Å². The van der Waals surface area contributed by atoms with E-state index < -0.39 is 12.0 Å². The summed E-state index contributed by atoms with van der Waals surface area (Å²) >= 11 is 0. The van der Waals surface area contributed by atoms with Crippen LogP contribution in [0.2, 0.25) is 0 Å². The molecule has 1 aliphatic heterocycles. The molecular formula is C11H20N2O4. The van der Waals surface area contributed by atoms with Gasteiger partial charge in [-0.25, -0.2) is 9.59 Å². The zero-order valence-corrected chi connectivity index (χ0v) is 10.3. The summed E-state index contributed by atoms with van der Waals surface area (Å²) < 4.78 is 5.21. The number of carbonyl (C=O) groups excluding carboxylic acids is 1. The molecule has 1 heterocycles. The van der Waals surface area contributed by atoms with Crippen molar-refractivity contribution in [2.75, 3.05) is 20.2 Å². The Bertz CT molecular complexity index is 283. The molecule has 6 nitrogen and oxygen atoms in total. The van der Waals surface area contributed by atoms with E-state index >= 15 is 0 Å². The summed E-state index contributed by atoms with van der Waals surface area (Å²) in [7, 11) is 1.62. The third kappa shape index (κ3) is 3.89. The van der Waals surface area contributed by atoms with Crippen LogP contribution in [0.1, 0.15) is 26.2 Å². The van der Waals surface area contributed by atoms with E-state index in [0.717, 1.165) is 12.8 Å². The summed E-state index contributed by atoms with van der Waals surface area (Å²) in [6.07, 6.45) is 2.26. The van der Waals surface area contributed by atoms with Crippen LogP contribution >= 0.6 is 0 Å². The molecule has 1 unspecified atom stereocenters. The van der Waals surface area contributed by atoms with Crippen molar-refractivity contribution in [1.29, 1.82) is 0 Å². The Kier molecular flexibility index (Phi) is 5.21. The molecule has 0 aromatic heterocycles. The summed E-state index contributed by atoms with van der Waals surface area (Å²) in [5, 5.41) is 11.4. The van der Waals surface area contributed by atoms with Gasteiger partial charge < -0.3 is 20.1 Å². The second kappa shape index (κ2) is 6.44. The van der Waals surface area contributed by atoms with Gasteiger partial charge in [0.1, 0.15) is 6.04 Å². The summed E-state index contributed by atoms with van der Waals surface area (Å²) in [5.41, 5.74) is 0. The molecule has 98 valence electrons. The number of nitrogens with zero attached hydrogens (tertiary/aromatic N) is 1. The first-order chi connectivity index (χ1) is 8.08. The molecule has 0 saturated carbocycles. The highest BCUT2D eigenvalue weighted by atomic mass is 16.5. The zero-order chi connectivity index (χ0) is 12.8. The van der Waals surface area contributed by atoms with Crippen LogP contribution in [0, 0.1) is 0 Å². The molecule has 2 atom stereocenters. The van der Waals surface area contributed by atoms with Crippen LogP contribution in [0.5, 0.6) is 0 Å². The average Bonchev–Trinajstić information content (AvgIpc) is 2.35. The standard InChI is InChI=1S/C11H20N2O4/c1-3-9(10(14)15)12-11(16)13-6-4-5-8(7-13)17-2/h8-9H,3-7H2,1-2H3,(H,12,16)(H,14,15)/t8?,9-/m0/s1. The Balaban J connectivity index is 2.48. The van der Waals surface area contributed by atoms with Crippen LogP contribution in [0.25, 0.3) is 0 Å². The number of carboxylic acids is 1. The second-order valence-corrected chi connectivity index (χ2v) is 4.19. The van der Waals surface area contributed by atoms with Gasteiger partial charge in [-0.15, -0.1) is 0 Å². The van der Waals surface area contributed by atoms with Gasteiger partial charge in [0.2, 0.25) is 0 Å². The van der Waals surface area contributed by atoms with Crippen molar-refractivity contribution in [2.45, 2.75) is 38.3 Å². The molecule has 2 amide bonds. The van der Waals surface area contributed by atoms with Gasteiger partial charge in [0.25, 0.3) is 0 Å². The van der Waals surface area contributed by atoms with E-state index in [9.17, 15) is 9.59 Å². The highest BCUT2D eigenvalue weighted by Gasteiger charge is 2.26. The fourth-order valence-electron chi connectivity index (χ4n) is 1.89. The Hall–Kier alpha value is -1.30. The first kappa shape index (κ1) is 13.8. The normalized spacial score (nSPS) is 22.0. The lowest BCUT2D eigenvalue weighted by atomic mass is 10.1. The highest BCUT2D eigenvalue weighted by Crippen LogP contribution is 2.12. The van der Waals surface area contributed by atoms with Crippen LogP contribution < -0.4 is 5.32 Å². The number of hydrogen-bond donors (Lipinski definition) is 2. The molecule has 0 aliphatic carbocycles.